The van der Waals surface area contributed by atoms with E-state index in [9.17, 15) is 9.59 Å². The summed E-state index contributed by atoms with van der Waals surface area (Å²) in [6, 6.07) is 13.2. The lowest BCUT2D eigenvalue weighted by Gasteiger charge is -2.20. The van der Waals surface area contributed by atoms with Crippen LogP contribution in [0, 0.1) is 0 Å². The number of carbonyl (C=O) groups excluding carboxylic acids is 2. The number of pyridine rings is 1. The number of rotatable bonds is 8. The predicted octanol–water partition coefficient (Wildman–Crippen LogP) is 3.58. The molecule has 1 aliphatic rings. The Kier molecular flexibility index (Phi) is 8.45. The highest BCUT2D eigenvalue weighted by Gasteiger charge is 2.14. The number of ether oxygens (including phenoxy) is 1. The van der Waals surface area contributed by atoms with Gasteiger partial charge in [0.15, 0.2) is 0 Å². The number of carbonyl (C=O) groups is 2. The molecule has 158 valence electrons. The second-order valence-electron chi connectivity index (χ2n) is 7.35. The van der Waals surface area contributed by atoms with E-state index < -0.39 is 0 Å². The van der Waals surface area contributed by atoms with Crippen LogP contribution < -0.4 is 10.1 Å². The molecule has 1 saturated heterocycles. The van der Waals surface area contributed by atoms with Gasteiger partial charge in [-0.3, -0.25) is 14.6 Å². The first-order chi connectivity index (χ1) is 14.7. The Labute approximate surface area is 178 Å². The van der Waals surface area contributed by atoms with E-state index in [1.807, 2.05) is 47.4 Å². The van der Waals surface area contributed by atoms with Crippen molar-refractivity contribution in [1.29, 1.82) is 0 Å². The van der Waals surface area contributed by atoms with Gasteiger partial charge in [0.05, 0.1) is 5.69 Å². The molecule has 1 N–H and O–H groups in total. The summed E-state index contributed by atoms with van der Waals surface area (Å²) in [6.07, 6.45) is 9.87. The van der Waals surface area contributed by atoms with Crippen LogP contribution in [0.3, 0.4) is 0 Å². The van der Waals surface area contributed by atoms with Crippen molar-refractivity contribution in [3.8, 4) is 5.75 Å². The average Bonchev–Trinajstić information content (AvgIpc) is 3.07. The number of amides is 2. The van der Waals surface area contributed by atoms with Crippen LogP contribution in [0.4, 0.5) is 0 Å². The quantitative estimate of drug-likeness (QED) is 0.679. The van der Waals surface area contributed by atoms with E-state index in [1.54, 1.807) is 12.3 Å². The Morgan fingerprint density at radius 3 is 2.50 bits per heavy atom. The molecule has 0 saturated carbocycles. The second-order valence-corrected chi connectivity index (χ2v) is 7.35. The van der Waals surface area contributed by atoms with E-state index in [-0.39, 0.29) is 11.8 Å². The second kappa shape index (κ2) is 11.8. The van der Waals surface area contributed by atoms with Crippen LogP contribution in [-0.2, 0) is 16.2 Å². The molecule has 1 aliphatic heterocycles. The van der Waals surface area contributed by atoms with Crippen LogP contribution in [0.15, 0.2) is 54.7 Å². The Morgan fingerprint density at radius 1 is 1.03 bits per heavy atom. The third-order valence-corrected chi connectivity index (χ3v) is 5.02. The first kappa shape index (κ1) is 21.6. The highest BCUT2D eigenvalue weighted by atomic mass is 16.5. The van der Waals surface area contributed by atoms with E-state index >= 15 is 0 Å². The van der Waals surface area contributed by atoms with Gasteiger partial charge in [-0.1, -0.05) is 31.0 Å². The molecular formula is C24H29N3O3. The van der Waals surface area contributed by atoms with Gasteiger partial charge in [0.25, 0.3) is 0 Å². The highest BCUT2D eigenvalue weighted by molar-refractivity contribution is 5.92. The van der Waals surface area contributed by atoms with Crippen molar-refractivity contribution in [3.05, 3.63) is 66.0 Å². The maximum Gasteiger partial charge on any atom is 0.244 e. The average molecular weight is 408 g/mol. The van der Waals surface area contributed by atoms with Crippen molar-refractivity contribution >= 4 is 17.9 Å². The summed E-state index contributed by atoms with van der Waals surface area (Å²) in [7, 11) is 0. The minimum absolute atomic E-state index is 0.127. The number of nitrogens with zero attached hydrogens (tertiary/aromatic N) is 2. The van der Waals surface area contributed by atoms with E-state index in [1.165, 1.54) is 18.9 Å². The van der Waals surface area contributed by atoms with Crippen LogP contribution in [0.1, 0.15) is 43.4 Å². The summed E-state index contributed by atoms with van der Waals surface area (Å²) < 4.78 is 5.70. The van der Waals surface area contributed by atoms with Crippen molar-refractivity contribution in [1.82, 2.24) is 15.2 Å². The first-order valence-electron chi connectivity index (χ1n) is 10.6. The van der Waals surface area contributed by atoms with E-state index in [4.69, 9.17) is 4.74 Å². The van der Waals surface area contributed by atoms with Crippen molar-refractivity contribution in [3.63, 3.8) is 0 Å². The molecular weight excluding hydrogens is 378 g/mol. The first-order valence-corrected chi connectivity index (χ1v) is 10.6. The van der Waals surface area contributed by atoms with Crippen LogP contribution in [0.25, 0.3) is 6.08 Å². The maximum absolute atomic E-state index is 12.2. The molecule has 0 radical (unpaired) electrons. The molecule has 1 fully saturated rings. The van der Waals surface area contributed by atoms with Gasteiger partial charge in [-0.2, -0.15) is 0 Å². The normalized spacial score (nSPS) is 14.3. The van der Waals surface area contributed by atoms with Gasteiger partial charge >= 0.3 is 0 Å². The smallest absolute Gasteiger partial charge is 0.244 e. The number of nitrogens with one attached hydrogen (secondary N) is 1. The molecule has 1 aromatic heterocycles. The van der Waals surface area contributed by atoms with Crippen LogP contribution in [-0.4, -0.2) is 41.3 Å². The monoisotopic (exact) mass is 407 g/mol. The SMILES string of the molecule is O=C(/C=C/c1ccc(OCc2ccccn2)cc1)NCCC(=O)N1CCCCCC1. The molecule has 0 aliphatic carbocycles. The van der Waals surface area contributed by atoms with Gasteiger partial charge in [0, 0.05) is 38.3 Å². The predicted molar refractivity (Wildman–Crippen MR) is 117 cm³/mol. The lowest BCUT2D eigenvalue weighted by molar-refractivity contribution is -0.131. The molecule has 2 aromatic rings. The number of aromatic nitrogens is 1. The van der Waals surface area contributed by atoms with Crippen molar-refractivity contribution in [2.24, 2.45) is 0 Å². The zero-order valence-corrected chi connectivity index (χ0v) is 17.3. The molecule has 3 rings (SSSR count). The highest BCUT2D eigenvalue weighted by Crippen LogP contribution is 2.14. The molecule has 0 bridgehead atoms. The molecule has 2 amide bonds. The van der Waals surface area contributed by atoms with Crippen molar-refractivity contribution in [2.45, 2.75) is 38.7 Å². The summed E-state index contributed by atoms with van der Waals surface area (Å²) in [5.74, 6) is 0.672. The Bertz CT molecular complexity index is 827. The molecule has 0 spiro atoms. The lowest BCUT2D eigenvalue weighted by atomic mass is 10.2. The Balaban J connectivity index is 1.37. The molecule has 6 nitrogen and oxygen atoms in total. The van der Waals surface area contributed by atoms with Crippen LogP contribution in [0.2, 0.25) is 0 Å². The van der Waals surface area contributed by atoms with Gasteiger partial charge in [-0.05, 0) is 48.7 Å². The zero-order valence-electron chi connectivity index (χ0n) is 17.3. The fraction of sp³-hybridized carbons (Fsp3) is 0.375. The summed E-state index contributed by atoms with van der Waals surface area (Å²) in [5, 5.41) is 2.78. The number of hydrogen-bond donors (Lipinski definition) is 1. The van der Waals surface area contributed by atoms with Crippen molar-refractivity contribution in [2.75, 3.05) is 19.6 Å². The Hall–Kier alpha value is -3.15. The third kappa shape index (κ3) is 7.35. The molecule has 0 atom stereocenters. The molecule has 2 heterocycles. The molecule has 30 heavy (non-hydrogen) atoms. The summed E-state index contributed by atoms with van der Waals surface area (Å²) in [6.45, 7) is 2.45. The van der Waals surface area contributed by atoms with Gasteiger partial charge in [-0.15, -0.1) is 0 Å². The van der Waals surface area contributed by atoms with Crippen LogP contribution >= 0.6 is 0 Å². The van der Waals surface area contributed by atoms with E-state index in [2.05, 4.69) is 10.3 Å². The molecule has 0 unspecified atom stereocenters. The van der Waals surface area contributed by atoms with E-state index in [0.717, 1.165) is 42.9 Å². The van der Waals surface area contributed by atoms with Gasteiger partial charge in [0.2, 0.25) is 11.8 Å². The number of benzene rings is 1. The summed E-state index contributed by atoms with van der Waals surface area (Å²) in [4.78, 5) is 30.4. The largest absolute Gasteiger partial charge is 0.487 e. The topological polar surface area (TPSA) is 71.5 Å². The van der Waals surface area contributed by atoms with Crippen molar-refractivity contribution < 1.29 is 14.3 Å². The standard InChI is InChI=1S/C24H29N3O3/c28-23(26-16-14-24(29)27-17-5-1-2-6-18-27)13-10-20-8-11-22(12-9-20)30-19-21-7-3-4-15-25-21/h3-4,7-13,15H,1-2,5-6,14,16-19H2,(H,26,28)/b13-10+. The molecule has 1 aromatic carbocycles. The fourth-order valence-corrected chi connectivity index (χ4v) is 3.32. The molecule has 6 heteroatoms. The lowest BCUT2D eigenvalue weighted by Crippen LogP contribution is -2.34. The maximum atomic E-state index is 12.2. The zero-order chi connectivity index (χ0) is 21.0. The number of hydrogen-bond acceptors (Lipinski definition) is 4. The fourth-order valence-electron chi connectivity index (χ4n) is 3.32. The minimum atomic E-state index is -0.200. The third-order valence-electron chi connectivity index (χ3n) is 5.02. The summed E-state index contributed by atoms with van der Waals surface area (Å²) >= 11 is 0. The van der Waals surface area contributed by atoms with Crippen LogP contribution in [0.5, 0.6) is 5.75 Å². The van der Waals surface area contributed by atoms with E-state index in [0.29, 0.717) is 19.6 Å². The van der Waals surface area contributed by atoms with Gasteiger partial charge in [0.1, 0.15) is 12.4 Å². The minimum Gasteiger partial charge on any atom is -0.487 e. The van der Waals surface area contributed by atoms with Gasteiger partial charge in [-0.25, -0.2) is 0 Å². The summed E-state index contributed by atoms with van der Waals surface area (Å²) in [5.41, 5.74) is 1.77. The van der Waals surface area contributed by atoms with Gasteiger partial charge < -0.3 is 15.0 Å². The Morgan fingerprint density at radius 2 is 1.80 bits per heavy atom. The number of likely N-dealkylation sites (tertiary alicyclic amines) is 1.